The van der Waals surface area contributed by atoms with Crippen LogP contribution in [-0.4, -0.2) is 60.3 Å². The van der Waals surface area contributed by atoms with Gasteiger partial charge < -0.3 is 14.4 Å². The Morgan fingerprint density at radius 2 is 1.92 bits per heavy atom. The summed E-state index contributed by atoms with van der Waals surface area (Å²) in [6.07, 6.45) is -0.218. The van der Waals surface area contributed by atoms with Crippen LogP contribution in [0, 0.1) is 3.57 Å². The van der Waals surface area contributed by atoms with Crippen molar-refractivity contribution in [1.29, 1.82) is 0 Å². The van der Waals surface area contributed by atoms with Gasteiger partial charge in [-0.05, 0) is 74.6 Å². The summed E-state index contributed by atoms with van der Waals surface area (Å²) in [5.41, 5.74) is -0.449. The molecule has 1 aliphatic heterocycles. The lowest BCUT2D eigenvalue weighted by Crippen LogP contribution is -2.55. The van der Waals surface area contributed by atoms with Crippen LogP contribution in [0.25, 0.3) is 0 Å². The maximum Gasteiger partial charge on any atom is 0.410 e. The van der Waals surface area contributed by atoms with Crippen molar-refractivity contribution >= 4 is 28.7 Å². The summed E-state index contributed by atoms with van der Waals surface area (Å²) < 4.78 is 12.5. The number of ether oxygens (including phenoxy) is 2. The van der Waals surface area contributed by atoms with Crippen LogP contribution in [0.4, 0.5) is 4.79 Å². The Morgan fingerprint density at radius 3 is 2.50 bits per heavy atom. The maximum atomic E-state index is 12.2. The molecule has 0 N–H and O–H groups in total. The zero-order chi connectivity index (χ0) is 17.7. The third kappa shape index (κ3) is 6.12. The fraction of sp³-hybridized carbons (Fsp3) is 0.611. The van der Waals surface area contributed by atoms with Crippen LogP contribution in [0.5, 0.6) is 5.75 Å². The molecule has 24 heavy (non-hydrogen) atoms. The molecule has 0 aromatic heterocycles. The highest BCUT2D eigenvalue weighted by Gasteiger charge is 2.30. The smallest absolute Gasteiger partial charge is 0.410 e. The molecule has 6 heteroatoms. The van der Waals surface area contributed by atoms with Crippen molar-refractivity contribution in [2.75, 3.05) is 32.8 Å². The van der Waals surface area contributed by atoms with E-state index in [4.69, 9.17) is 9.47 Å². The number of carbonyl (C=O) groups excluding carboxylic acids is 1. The van der Waals surface area contributed by atoms with E-state index >= 15 is 0 Å². The Labute approximate surface area is 158 Å². The van der Waals surface area contributed by atoms with Crippen molar-refractivity contribution in [3.05, 3.63) is 27.8 Å². The van der Waals surface area contributed by atoms with Crippen LogP contribution >= 0.6 is 22.6 Å². The molecule has 0 spiro atoms. The van der Waals surface area contributed by atoms with Gasteiger partial charge in [0.2, 0.25) is 0 Å². The van der Waals surface area contributed by atoms with Crippen LogP contribution in [-0.2, 0) is 4.74 Å². The minimum absolute atomic E-state index is 0.145. The molecule has 1 amide bonds. The molecule has 1 aromatic carbocycles. The van der Waals surface area contributed by atoms with Crippen molar-refractivity contribution in [3.8, 4) is 5.75 Å². The lowest BCUT2D eigenvalue weighted by molar-refractivity contribution is 0.000361. The van der Waals surface area contributed by atoms with E-state index in [-0.39, 0.29) is 12.1 Å². The summed E-state index contributed by atoms with van der Waals surface area (Å²) >= 11 is 2.28. The molecule has 1 heterocycles. The number of rotatable bonds is 4. The summed E-state index contributed by atoms with van der Waals surface area (Å²) in [6, 6.07) is 8.21. The summed E-state index contributed by atoms with van der Waals surface area (Å²) in [6.45, 7) is 11.7. The first-order valence-corrected chi connectivity index (χ1v) is 9.43. The molecular formula is C18H27IN2O3. The highest BCUT2D eigenvalue weighted by molar-refractivity contribution is 14.1. The zero-order valence-corrected chi connectivity index (χ0v) is 17.1. The fourth-order valence-corrected chi connectivity index (χ4v) is 3.01. The second-order valence-electron chi connectivity index (χ2n) is 7.13. The Morgan fingerprint density at radius 1 is 1.25 bits per heavy atom. The van der Waals surface area contributed by atoms with E-state index in [9.17, 15) is 4.79 Å². The van der Waals surface area contributed by atoms with Crippen molar-refractivity contribution < 1.29 is 14.3 Å². The fourth-order valence-electron chi connectivity index (χ4n) is 2.65. The number of benzene rings is 1. The average Bonchev–Trinajstić information content (AvgIpc) is 2.47. The van der Waals surface area contributed by atoms with Gasteiger partial charge >= 0.3 is 6.09 Å². The van der Waals surface area contributed by atoms with Crippen LogP contribution in [0.2, 0.25) is 0 Å². The van der Waals surface area contributed by atoms with E-state index in [1.807, 2.05) is 49.9 Å². The molecule has 1 aliphatic rings. The summed E-state index contributed by atoms with van der Waals surface area (Å²) in [5.74, 6) is 0.899. The Bertz CT molecular complexity index is 542. The monoisotopic (exact) mass is 446 g/mol. The molecule has 0 aliphatic carbocycles. The van der Waals surface area contributed by atoms with Crippen LogP contribution in [0.1, 0.15) is 27.7 Å². The molecule has 1 aromatic rings. The van der Waals surface area contributed by atoms with Gasteiger partial charge in [0, 0.05) is 35.8 Å². The molecule has 1 atom stereocenters. The van der Waals surface area contributed by atoms with Gasteiger partial charge in [0.25, 0.3) is 0 Å². The topological polar surface area (TPSA) is 42.0 Å². The summed E-state index contributed by atoms with van der Waals surface area (Å²) in [4.78, 5) is 16.4. The summed E-state index contributed by atoms with van der Waals surface area (Å²) in [7, 11) is 0. The predicted molar refractivity (Wildman–Crippen MR) is 103 cm³/mol. The van der Waals surface area contributed by atoms with Gasteiger partial charge in [-0.1, -0.05) is 0 Å². The standard InChI is InChI=1S/C18H27IN2O3/c1-14-13-20(9-10-21(14)17(22)24-18(2,3)4)11-12-23-16-7-5-15(19)6-8-16/h5-8,14H,9-13H2,1-4H3/t14-/m0/s1. The van der Waals surface area contributed by atoms with E-state index < -0.39 is 5.60 Å². The molecule has 0 bridgehead atoms. The lowest BCUT2D eigenvalue weighted by Gasteiger charge is -2.40. The molecule has 0 radical (unpaired) electrons. The van der Waals surface area contributed by atoms with Gasteiger partial charge in [-0.25, -0.2) is 4.79 Å². The van der Waals surface area contributed by atoms with Gasteiger partial charge in [-0.2, -0.15) is 0 Å². The van der Waals surface area contributed by atoms with Crippen molar-refractivity contribution in [2.24, 2.45) is 0 Å². The van der Waals surface area contributed by atoms with Gasteiger partial charge in [-0.3, -0.25) is 4.90 Å². The van der Waals surface area contributed by atoms with E-state index in [0.29, 0.717) is 13.2 Å². The Hall–Kier alpha value is -1.02. The SMILES string of the molecule is C[C@H]1CN(CCOc2ccc(I)cc2)CCN1C(=O)OC(C)(C)C. The van der Waals surface area contributed by atoms with Crippen LogP contribution < -0.4 is 4.74 Å². The second-order valence-corrected chi connectivity index (χ2v) is 8.37. The first-order chi connectivity index (χ1) is 11.2. The van der Waals surface area contributed by atoms with E-state index in [2.05, 4.69) is 34.4 Å². The van der Waals surface area contributed by atoms with Crippen LogP contribution in [0.15, 0.2) is 24.3 Å². The van der Waals surface area contributed by atoms with Gasteiger partial charge in [0.1, 0.15) is 18.0 Å². The van der Waals surface area contributed by atoms with Crippen molar-refractivity contribution in [2.45, 2.75) is 39.3 Å². The minimum atomic E-state index is -0.449. The number of carbonyl (C=O) groups is 1. The third-order valence-corrected chi connectivity index (χ3v) is 4.55. The minimum Gasteiger partial charge on any atom is -0.492 e. The normalized spacial score (nSPS) is 19.2. The van der Waals surface area contributed by atoms with E-state index in [0.717, 1.165) is 25.4 Å². The highest BCUT2D eigenvalue weighted by Crippen LogP contribution is 2.16. The molecule has 0 unspecified atom stereocenters. The second kappa shape index (κ2) is 8.38. The molecule has 134 valence electrons. The summed E-state index contributed by atoms with van der Waals surface area (Å²) in [5, 5.41) is 0. The first-order valence-electron chi connectivity index (χ1n) is 8.35. The average molecular weight is 446 g/mol. The number of hydrogen-bond acceptors (Lipinski definition) is 4. The van der Waals surface area contributed by atoms with Gasteiger partial charge in [-0.15, -0.1) is 0 Å². The van der Waals surface area contributed by atoms with E-state index in [1.165, 1.54) is 3.57 Å². The Kier molecular flexibility index (Phi) is 6.74. The third-order valence-electron chi connectivity index (χ3n) is 3.83. The molecule has 0 saturated carbocycles. The zero-order valence-electron chi connectivity index (χ0n) is 14.9. The largest absolute Gasteiger partial charge is 0.492 e. The molecule has 1 saturated heterocycles. The predicted octanol–water partition coefficient (Wildman–Crippen LogP) is 3.61. The molecular weight excluding hydrogens is 419 g/mol. The van der Waals surface area contributed by atoms with E-state index in [1.54, 1.807) is 0 Å². The Balaban J connectivity index is 1.74. The first kappa shape index (κ1) is 19.3. The quantitative estimate of drug-likeness (QED) is 0.663. The van der Waals surface area contributed by atoms with Crippen LogP contribution in [0.3, 0.4) is 0 Å². The lowest BCUT2D eigenvalue weighted by atomic mass is 10.2. The van der Waals surface area contributed by atoms with Crippen molar-refractivity contribution in [1.82, 2.24) is 9.80 Å². The maximum absolute atomic E-state index is 12.2. The molecule has 5 nitrogen and oxygen atoms in total. The van der Waals surface area contributed by atoms with Gasteiger partial charge in [0.05, 0.1) is 0 Å². The molecule has 1 fully saturated rings. The number of halogens is 1. The van der Waals surface area contributed by atoms with Gasteiger partial charge in [0.15, 0.2) is 0 Å². The van der Waals surface area contributed by atoms with Crippen molar-refractivity contribution in [3.63, 3.8) is 0 Å². The number of amides is 1. The number of hydrogen-bond donors (Lipinski definition) is 0. The number of nitrogens with zero attached hydrogens (tertiary/aromatic N) is 2. The molecule has 2 rings (SSSR count). The highest BCUT2D eigenvalue weighted by atomic mass is 127. The number of piperazine rings is 1.